The second kappa shape index (κ2) is 4.89. The highest BCUT2D eigenvalue weighted by atomic mass is 32.1. The summed E-state index contributed by atoms with van der Waals surface area (Å²) in [5, 5.41) is 11.7. The van der Waals surface area contributed by atoms with E-state index >= 15 is 0 Å². The van der Waals surface area contributed by atoms with E-state index in [0.717, 1.165) is 9.75 Å². The molecule has 2 aromatic heterocycles. The number of amides is 1. The van der Waals surface area contributed by atoms with Gasteiger partial charge in [-0.2, -0.15) is 0 Å². The number of nitrogens with one attached hydrogen (secondary N) is 2. The zero-order valence-electron chi connectivity index (χ0n) is 10.8. The lowest BCUT2D eigenvalue weighted by molar-refractivity contribution is 0.0697. The Bertz CT molecular complexity index is 655. The molecule has 0 aliphatic heterocycles. The molecule has 0 fully saturated rings. The summed E-state index contributed by atoms with van der Waals surface area (Å²) in [6, 6.07) is 1.80. The summed E-state index contributed by atoms with van der Waals surface area (Å²) < 4.78 is 0. The fourth-order valence-corrected chi connectivity index (χ4v) is 2.87. The van der Waals surface area contributed by atoms with Crippen LogP contribution in [0, 0.1) is 20.8 Å². The van der Waals surface area contributed by atoms with Crippen molar-refractivity contribution in [3.8, 4) is 0 Å². The van der Waals surface area contributed by atoms with Crippen molar-refractivity contribution in [2.75, 3.05) is 5.32 Å². The van der Waals surface area contributed by atoms with Crippen LogP contribution in [0.3, 0.4) is 0 Å². The molecule has 0 aromatic carbocycles. The zero-order chi connectivity index (χ0) is 14.2. The summed E-state index contributed by atoms with van der Waals surface area (Å²) in [5.41, 5.74) is 1.48. The fraction of sp³-hybridized carbons (Fsp3) is 0.231. The monoisotopic (exact) mass is 278 g/mol. The second-order valence-corrected chi connectivity index (χ2v) is 5.75. The number of aromatic carboxylic acids is 1. The quantitative estimate of drug-likeness (QED) is 0.807. The number of aromatic nitrogens is 1. The van der Waals surface area contributed by atoms with Crippen LogP contribution in [0.25, 0.3) is 0 Å². The Morgan fingerprint density at radius 3 is 2.53 bits per heavy atom. The molecule has 0 atom stereocenters. The van der Waals surface area contributed by atoms with Crippen LogP contribution < -0.4 is 5.32 Å². The number of aromatic amines is 1. The first kappa shape index (κ1) is 13.4. The number of hydrogen-bond donors (Lipinski definition) is 3. The standard InChI is InChI=1S/C13H14N2O3S/c1-6-4-9(8(3)19-6)12(16)15-10-5-14-7(2)11(10)13(17)18/h4-5,14H,1-3H3,(H,15,16)(H,17,18). The van der Waals surface area contributed by atoms with Gasteiger partial charge in [-0.25, -0.2) is 4.79 Å². The number of hydrogen-bond acceptors (Lipinski definition) is 3. The van der Waals surface area contributed by atoms with Gasteiger partial charge in [-0.3, -0.25) is 4.79 Å². The van der Waals surface area contributed by atoms with Crippen LogP contribution in [-0.4, -0.2) is 22.0 Å². The topological polar surface area (TPSA) is 82.2 Å². The molecule has 0 saturated carbocycles. The lowest BCUT2D eigenvalue weighted by Gasteiger charge is -2.04. The summed E-state index contributed by atoms with van der Waals surface area (Å²) in [6.07, 6.45) is 1.49. The largest absolute Gasteiger partial charge is 0.478 e. The Kier molecular flexibility index (Phi) is 3.44. The molecule has 0 bridgehead atoms. The highest BCUT2D eigenvalue weighted by molar-refractivity contribution is 7.12. The minimum Gasteiger partial charge on any atom is -0.478 e. The molecule has 0 saturated heterocycles. The minimum absolute atomic E-state index is 0.0953. The van der Waals surface area contributed by atoms with E-state index in [2.05, 4.69) is 10.3 Å². The van der Waals surface area contributed by atoms with E-state index in [1.165, 1.54) is 17.5 Å². The number of carboxylic acid groups (broad SMARTS) is 1. The third-order valence-corrected chi connectivity index (χ3v) is 3.79. The molecule has 3 N–H and O–H groups in total. The van der Waals surface area contributed by atoms with Gasteiger partial charge in [-0.05, 0) is 26.8 Å². The Morgan fingerprint density at radius 2 is 2.00 bits per heavy atom. The summed E-state index contributed by atoms with van der Waals surface area (Å²) in [6.45, 7) is 5.45. The molecule has 0 unspecified atom stereocenters. The van der Waals surface area contributed by atoms with Crippen molar-refractivity contribution in [2.45, 2.75) is 20.8 Å². The van der Waals surface area contributed by atoms with E-state index in [4.69, 9.17) is 5.11 Å². The third kappa shape index (κ3) is 2.53. The van der Waals surface area contributed by atoms with Crippen molar-refractivity contribution in [1.29, 1.82) is 0 Å². The van der Waals surface area contributed by atoms with E-state index in [1.807, 2.05) is 13.8 Å². The van der Waals surface area contributed by atoms with Gasteiger partial charge in [-0.15, -0.1) is 11.3 Å². The van der Waals surface area contributed by atoms with Gasteiger partial charge < -0.3 is 15.4 Å². The number of anilines is 1. The van der Waals surface area contributed by atoms with E-state index < -0.39 is 5.97 Å². The molecule has 6 heteroatoms. The predicted molar refractivity (Wildman–Crippen MR) is 74.2 cm³/mol. The third-order valence-electron chi connectivity index (χ3n) is 2.83. The molecule has 5 nitrogen and oxygen atoms in total. The molecule has 100 valence electrons. The molecule has 0 spiro atoms. The Labute approximate surface area is 114 Å². The maximum Gasteiger partial charge on any atom is 0.339 e. The molecule has 0 aliphatic rings. The van der Waals surface area contributed by atoms with Gasteiger partial charge in [-0.1, -0.05) is 0 Å². The van der Waals surface area contributed by atoms with Gasteiger partial charge in [0.1, 0.15) is 5.56 Å². The first-order valence-corrected chi connectivity index (χ1v) is 6.51. The maximum atomic E-state index is 12.1. The van der Waals surface area contributed by atoms with E-state index in [-0.39, 0.29) is 11.5 Å². The van der Waals surface area contributed by atoms with Gasteiger partial charge in [0.15, 0.2) is 0 Å². The van der Waals surface area contributed by atoms with Gasteiger partial charge in [0.05, 0.1) is 11.3 Å². The Hall–Kier alpha value is -2.08. The van der Waals surface area contributed by atoms with Crippen LogP contribution in [0.2, 0.25) is 0 Å². The summed E-state index contributed by atoms with van der Waals surface area (Å²) in [4.78, 5) is 28.0. The SMILES string of the molecule is Cc1cc(C(=O)Nc2c[nH]c(C)c2C(=O)O)c(C)s1. The van der Waals surface area contributed by atoms with E-state index in [0.29, 0.717) is 16.9 Å². The number of aryl methyl sites for hydroxylation is 3. The highest BCUT2D eigenvalue weighted by Gasteiger charge is 2.19. The van der Waals surface area contributed by atoms with Gasteiger partial charge in [0.25, 0.3) is 5.91 Å². The molecule has 0 aliphatic carbocycles. The molecule has 1 amide bonds. The predicted octanol–water partition coefficient (Wildman–Crippen LogP) is 2.95. The van der Waals surface area contributed by atoms with Crippen LogP contribution in [0.5, 0.6) is 0 Å². The van der Waals surface area contributed by atoms with Gasteiger partial charge in [0, 0.05) is 21.6 Å². The van der Waals surface area contributed by atoms with Crippen molar-refractivity contribution in [2.24, 2.45) is 0 Å². The molecular weight excluding hydrogens is 264 g/mol. The van der Waals surface area contributed by atoms with Gasteiger partial charge in [0.2, 0.25) is 0 Å². The van der Waals surface area contributed by atoms with Crippen LogP contribution >= 0.6 is 11.3 Å². The molecular formula is C13H14N2O3S. The van der Waals surface area contributed by atoms with Crippen molar-refractivity contribution >= 4 is 28.9 Å². The number of H-pyrrole nitrogens is 1. The minimum atomic E-state index is -1.06. The molecule has 2 heterocycles. The van der Waals surface area contributed by atoms with Crippen molar-refractivity contribution < 1.29 is 14.7 Å². The first-order valence-electron chi connectivity index (χ1n) is 5.69. The number of rotatable bonds is 3. The smallest absolute Gasteiger partial charge is 0.339 e. The van der Waals surface area contributed by atoms with Gasteiger partial charge >= 0.3 is 5.97 Å². The van der Waals surface area contributed by atoms with Crippen molar-refractivity contribution in [3.63, 3.8) is 0 Å². The summed E-state index contributed by atoms with van der Waals surface area (Å²) in [5.74, 6) is -1.35. The first-order chi connectivity index (χ1) is 8.90. The van der Waals surface area contributed by atoms with Crippen molar-refractivity contribution in [1.82, 2.24) is 4.98 Å². The van der Waals surface area contributed by atoms with Crippen LogP contribution in [0.1, 0.15) is 36.2 Å². The second-order valence-electron chi connectivity index (χ2n) is 4.29. The molecule has 19 heavy (non-hydrogen) atoms. The lowest BCUT2D eigenvalue weighted by Crippen LogP contribution is -2.14. The van der Waals surface area contributed by atoms with E-state index in [9.17, 15) is 9.59 Å². The fourth-order valence-electron chi connectivity index (χ4n) is 1.95. The molecule has 2 rings (SSSR count). The lowest BCUT2D eigenvalue weighted by atomic mass is 10.2. The zero-order valence-corrected chi connectivity index (χ0v) is 11.6. The maximum absolute atomic E-state index is 12.1. The summed E-state index contributed by atoms with van der Waals surface area (Å²) in [7, 11) is 0. The number of carbonyl (C=O) groups excluding carboxylic acids is 1. The van der Waals surface area contributed by atoms with Crippen LogP contribution in [0.15, 0.2) is 12.3 Å². The van der Waals surface area contributed by atoms with Crippen molar-refractivity contribution in [3.05, 3.63) is 38.8 Å². The molecule has 0 radical (unpaired) electrons. The Morgan fingerprint density at radius 1 is 1.32 bits per heavy atom. The number of thiophene rings is 1. The van der Waals surface area contributed by atoms with Crippen LogP contribution in [0.4, 0.5) is 5.69 Å². The van der Waals surface area contributed by atoms with E-state index in [1.54, 1.807) is 13.0 Å². The normalized spacial score (nSPS) is 10.5. The Balaban J connectivity index is 2.29. The summed E-state index contributed by atoms with van der Waals surface area (Å²) >= 11 is 1.54. The average Bonchev–Trinajstić information content (AvgIpc) is 2.82. The van der Waals surface area contributed by atoms with Crippen LogP contribution in [-0.2, 0) is 0 Å². The average molecular weight is 278 g/mol. The highest BCUT2D eigenvalue weighted by Crippen LogP contribution is 2.24. The molecule has 2 aromatic rings. The number of carboxylic acids is 1. The number of carbonyl (C=O) groups is 2.